The number of aromatic nitrogens is 1. The van der Waals surface area contributed by atoms with Gasteiger partial charge < -0.3 is 11.1 Å². The molecule has 178 valence electrons. The lowest BCUT2D eigenvalue weighted by atomic mass is 9.94. The lowest BCUT2D eigenvalue weighted by Crippen LogP contribution is -2.25. The second kappa shape index (κ2) is 11.1. The fourth-order valence-corrected chi connectivity index (χ4v) is 4.85. The number of anilines is 2. The Hall–Kier alpha value is -3.81. The summed E-state index contributed by atoms with van der Waals surface area (Å²) in [6.45, 7) is 10.1. The molecule has 0 fully saturated rings. The summed E-state index contributed by atoms with van der Waals surface area (Å²) < 4.78 is 0. The number of aryl methyl sites for hydroxylation is 2. The number of nitrogens with zero attached hydrogens (tertiary/aromatic N) is 3. The Labute approximate surface area is 211 Å². The van der Waals surface area contributed by atoms with Gasteiger partial charge in [0.05, 0.1) is 10.8 Å². The van der Waals surface area contributed by atoms with E-state index in [9.17, 15) is 15.3 Å². The molecule has 0 aliphatic rings. The Morgan fingerprint density at radius 3 is 2.29 bits per heavy atom. The van der Waals surface area contributed by atoms with E-state index >= 15 is 0 Å². The Balaban J connectivity index is 2.01. The Morgan fingerprint density at radius 1 is 1.09 bits per heavy atom. The van der Waals surface area contributed by atoms with Gasteiger partial charge in [0.1, 0.15) is 28.5 Å². The minimum Gasteiger partial charge on any atom is -0.383 e. The summed E-state index contributed by atoms with van der Waals surface area (Å²) in [5, 5.41) is 22.7. The highest BCUT2D eigenvalue weighted by Crippen LogP contribution is 2.38. The molecule has 7 heteroatoms. The second-order valence-electron chi connectivity index (χ2n) is 8.75. The number of carbonyl (C=O) groups excluding carboxylic acids is 1. The van der Waals surface area contributed by atoms with Gasteiger partial charge in [0, 0.05) is 11.3 Å². The molecule has 1 aromatic heterocycles. The van der Waals surface area contributed by atoms with Crippen molar-refractivity contribution in [1.82, 2.24) is 4.98 Å². The summed E-state index contributed by atoms with van der Waals surface area (Å²) in [5.41, 5.74) is 11.7. The highest BCUT2D eigenvalue weighted by Gasteiger charge is 2.26. The predicted octanol–water partition coefficient (Wildman–Crippen LogP) is 6.32. The van der Waals surface area contributed by atoms with Crippen LogP contribution in [0, 0.1) is 36.5 Å². The molecule has 1 amide bonds. The lowest BCUT2D eigenvalue weighted by molar-refractivity contribution is -0.115. The van der Waals surface area contributed by atoms with E-state index in [1.165, 1.54) is 11.8 Å². The van der Waals surface area contributed by atoms with Gasteiger partial charge in [-0.05, 0) is 48.9 Å². The van der Waals surface area contributed by atoms with Crippen LogP contribution in [0.1, 0.15) is 60.9 Å². The smallest absolute Gasteiger partial charge is 0.237 e. The molecular formula is C28H29N5OS. The molecule has 1 atom stereocenters. The molecule has 0 saturated carbocycles. The SMILES string of the molecule is CCC(Sc1nc(N)c(C#N)c(-c2ccc(C(C)C)cc2)c1C#N)C(=O)Nc1ccc(C)cc1C. The van der Waals surface area contributed by atoms with Crippen LogP contribution in [0.2, 0.25) is 0 Å². The number of nitrogens with one attached hydrogen (secondary N) is 1. The van der Waals surface area contributed by atoms with E-state index in [0.717, 1.165) is 22.4 Å². The van der Waals surface area contributed by atoms with Crippen molar-refractivity contribution in [1.29, 1.82) is 10.5 Å². The van der Waals surface area contributed by atoms with Gasteiger partial charge in [-0.1, -0.05) is 74.5 Å². The first kappa shape index (κ1) is 25.8. The third kappa shape index (κ3) is 5.65. The summed E-state index contributed by atoms with van der Waals surface area (Å²) in [7, 11) is 0. The minimum atomic E-state index is -0.501. The molecule has 3 N–H and O–H groups in total. The maximum atomic E-state index is 13.1. The molecule has 6 nitrogen and oxygen atoms in total. The molecule has 0 spiro atoms. The predicted molar refractivity (Wildman–Crippen MR) is 142 cm³/mol. The monoisotopic (exact) mass is 483 g/mol. The van der Waals surface area contributed by atoms with Gasteiger partial charge in [0.25, 0.3) is 0 Å². The molecular weight excluding hydrogens is 454 g/mol. The van der Waals surface area contributed by atoms with E-state index in [4.69, 9.17) is 5.73 Å². The van der Waals surface area contributed by atoms with Crippen molar-refractivity contribution in [2.45, 2.75) is 57.2 Å². The molecule has 0 radical (unpaired) electrons. The molecule has 2 aromatic carbocycles. The number of hydrogen-bond acceptors (Lipinski definition) is 6. The van der Waals surface area contributed by atoms with Crippen LogP contribution < -0.4 is 11.1 Å². The molecule has 1 unspecified atom stereocenters. The zero-order chi connectivity index (χ0) is 25.7. The first-order chi connectivity index (χ1) is 16.7. The second-order valence-corrected chi connectivity index (χ2v) is 9.94. The summed E-state index contributed by atoms with van der Waals surface area (Å²) in [4.78, 5) is 17.5. The Bertz CT molecular complexity index is 1330. The van der Waals surface area contributed by atoms with Crippen molar-refractivity contribution < 1.29 is 4.79 Å². The summed E-state index contributed by atoms with van der Waals surface area (Å²) >= 11 is 1.19. The van der Waals surface area contributed by atoms with Crippen LogP contribution in [0.5, 0.6) is 0 Å². The number of benzene rings is 2. The van der Waals surface area contributed by atoms with Crippen molar-refractivity contribution in [3.63, 3.8) is 0 Å². The average Bonchev–Trinajstić information content (AvgIpc) is 2.83. The van der Waals surface area contributed by atoms with Gasteiger partial charge >= 0.3 is 0 Å². The summed E-state index contributed by atoms with van der Waals surface area (Å²) in [6.07, 6.45) is 0.520. The van der Waals surface area contributed by atoms with Crippen LogP contribution in [0.25, 0.3) is 11.1 Å². The quantitative estimate of drug-likeness (QED) is 0.380. The number of pyridine rings is 1. The van der Waals surface area contributed by atoms with Gasteiger partial charge in [-0.25, -0.2) is 4.98 Å². The van der Waals surface area contributed by atoms with Crippen molar-refractivity contribution >= 4 is 29.2 Å². The fourth-order valence-electron chi connectivity index (χ4n) is 3.83. The lowest BCUT2D eigenvalue weighted by Gasteiger charge is -2.18. The van der Waals surface area contributed by atoms with E-state index in [1.54, 1.807) is 0 Å². The average molecular weight is 484 g/mol. The van der Waals surface area contributed by atoms with Gasteiger partial charge in [0.15, 0.2) is 0 Å². The third-order valence-corrected chi connectivity index (χ3v) is 7.19. The van der Waals surface area contributed by atoms with E-state index in [0.29, 0.717) is 28.5 Å². The zero-order valence-corrected chi connectivity index (χ0v) is 21.5. The van der Waals surface area contributed by atoms with Gasteiger partial charge in [0.2, 0.25) is 5.91 Å². The number of thioether (sulfide) groups is 1. The Kier molecular flexibility index (Phi) is 8.17. The van der Waals surface area contributed by atoms with E-state index in [2.05, 4.69) is 36.3 Å². The number of amides is 1. The number of nitriles is 2. The van der Waals surface area contributed by atoms with E-state index in [1.807, 2.05) is 63.2 Å². The maximum absolute atomic E-state index is 13.1. The number of nitrogen functional groups attached to an aromatic ring is 1. The van der Waals surface area contributed by atoms with Crippen molar-refractivity contribution in [2.24, 2.45) is 0 Å². The molecule has 0 aliphatic carbocycles. The van der Waals surface area contributed by atoms with Crippen LogP contribution >= 0.6 is 11.8 Å². The third-order valence-electron chi connectivity index (χ3n) is 5.84. The van der Waals surface area contributed by atoms with Crippen LogP contribution in [-0.2, 0) is 4.79 Å². The van der Waals surface area contributed by atoms with Crippen LogP contribution in [0.15, 0.2) is 47.5 Å². The van der Waals surface area contributed by atoms with Crippen LogP contribution in [0.4, 0.5) is 11.5 Å². The molecule has 35 heavy (non-hydrogen) atoms. The summed E-state index contributed by atoms with van der Waals surface area (Å²) in [5.74, 6) is 0.215. The van der Waals surface area contributed by atoms with Gasteiger partial charge in [-0.2, -0.15) is 10.5 Å². The van der Waals surface area contributed by atoms with Crippen molar-refractivity contribution in [2.75, 3.05) is 11.1 Å². The highest BCUT2D eigenvalue weighted by molar-refractivity contribution is 8.00. The van der Waals surface area contributed by atoms with Crippen LogP contribution in [0.3, 0.4) is 0 Å². The van der Waals surface area contributed by atoms with Gasteiger partial charge in [-0.15, -0.1) is 0 Å². The standard InChI is InChI=1S/C28H29N5OS/c1-6-24(27(34)32-23-12-7-17(4)13-18(23)5)35-28-22(15-30)25(21(14-29)26(31)33-28)20-10-8-19(9-11-20)16(2)3/h7-13,16,24H,6H2,1-5H3,(H2,31,33)(H,32,34). The minimum absolute atomic E-state index is 0.0431. The number of carbonyl (C=O) groups is 1. The molecule has 3 rings (SSSR count). The molecule has 0 saturated heterocycles. The highest BCUT2D eigenvalue weighted by atomic mass is 32.2. The number of hydrogen-bond donors (Lipinski definition) is 2. The maximum Gasteiger partial charge on any atom is 0.237 e. The Morgan fingerprint density at radius 2 is 1.74 bits per heavy atom. The topological polar surface area (TPSA) is 116 Å². The van der Waals surface area contributed by atoms with Crippen molar-refractivity contribution in [3.05, 3.63) is 70.3 Å². The van der Waals surface area contributed by atoms with E-state index in [-0.39, 0.29) is 22.9 Å². The fraction of sp³-hybridized carbons (Fsp3) is 0.286. The molecule has 0 aliphatic heterocycles. The largest absolute Gasteiger partial charge is 0.383 e. The summed E-state index contributed by atoms with van der Waals surface area (Å²) in [6, 6.07) is 17.9. The number of nitrogens with two attached hydrogens (primary N) is 1. The molecule has 3 aromatic rings. The van der Waals surface area contributed by atoms with Crippen molar-refractivity contribution in [3.8, 4) is 23.3 Å². The zero-order valence-electron chi connectivity index (χ0n) is 20.6. The van der Waals surface area contributed by atoms with Crippen LogP contribution in [-0.4, -0.2) is 16.1 Å². The number of rotatable bonds is 7. The van der Waals surface area contributed by atoms with E-state index < -0.39 is 5.25 Å². The first-order valence-electron chi connectivity index (χ1n) is 11.5. The molecule has 1 heterocycles. The molecule has 0 bridgehead atoms. The first-order valence-corrected chi connectivity index (χ1v) is 12.4. The van der Waals surface area contributed by atoms with Gasteiger partial charge in [-0.3, -0.25) is 4.79 Å². The normalized spacial score (nSPS) is 11.5.